The number of non-ortho nitro benzene ring substituents is 1. The Balaban J connectivity index is 2.16. The maximum absolute atomic E-state index is 13.5. The number of hydrogen-bond donors (Lipinski definition) is 3. The van der Waals surface area contributed by atoms with Gasteiger partial charge in [-0.3, -0.25) is 19.7 Å². The van der Waals surface area contributed by atoms with Gasteiger partial charge in [0.15, 0.2) is 0 Å². The van der Waals surface area contributed by atoms with E-state index >= 15 is 0 Å². The van der Waals surface area contributed by atoms with E-state index in [0.29, 0.717) is 19.4 Å². The Morgan fingerprint density at radius 2 is 1.66 bits per heavy atom. The SMILES string of the molecule is CC(=O)NCCCC[C@H](NP(=O)(Oc1ccccc1)Oc1ccc([N+](=O)[O-])cc1)C(=O)O. The monoisotopic (exact) mass is 465 g/mol. The lowest BCUT2D eigenvalue weighted by Gasteiger charge is -2.23. The third-order valence-corrected chi connectivity index (χ3v) is 5.68. The van der Waals surface area contributed by atoms with Crippen LogP contribution in [-0.4, -0.2) is 34.5 Å². The number of hydrogen-bond acceptors (Lipinski definition) is 7. The van der Waals surface area contributed by atoms with Gasteiger partial charge in [-0.2, -0.15) is 5.09 Å². The summed E-state index contributed by atoms with van der Waals surface area (Å²) in [5.74, 6) is -1.26. The van der Waals surface area contributed by atoms with Crippen LogP contribution in [0.2, 0.25) is 0 Å². The molecule has 0 aromatic heterocycles. The third-order valence-electron chi connectivity index (χ3n) is 4.15. The van der Waals surface area contributed by atoms with Crippen LogP contribution >= 0.6 is 7.75 Å². The number of nitrogens with one attached hydrogen (secondary N) is 2. The molecule has 3 N–H and O–H groups in total. The summed E-state index contributed by atoms with van der Waals surface area (Å²) in [5.41, 5.74) is -0.188. The molecule has 0 aliphatic carbocycles. The number of carbonyl (C=O) groups is 2. The van der Waals surface area contributed by atoms with Crippen LogP contribution in [0.5, 0.6) is 11.5 Å². The summed E-state index contributed by atoms with van der Waals surface area (Å²) in [4.78, 5) is 32.9. The lowest BCUT2D eigenvalue weighted by Crippen LogP contribution is -2.37. The molecular formula is C20H24N3O8P. The molecule has 1 amide bonds. The number of nitro benzene ring substituents is 1. The second-order valence-corrected chi connectivity index (χ2v) is 8.36. The average Bonchev–Trinajstić information content (AvgIpc) is 2.73. The second kappa shape index (κ2) is 11.8. The molecule has 2 aromatic rings. The van der Waals surface area contributed by atoms with Gasteiger partial charge < -0.3 is 19.5 Å². The highest BCUT2D eigenvalue weighted by atomic mass is 31.2. The number of rotatable bonds is 13. The molecule has 11 nitrogen and oxygen atoms in total. The second-order valence-electron chi connectivity index (χ2n) is 6.74. The fourth-order valence-corrected chi connectivity index (χ4v) is 4.19. The van der Waals surface area contributed by atoms with E-state index in [-0.39, 0.29) is 29.5 Å². The zero-order valence-corrected chi connectivity index (χ0v) is 18.2. The van der Waals surface area contributed by atoms with E-state index in [1.165, 1.54) is 43.3 Å². The summed E-state index contributed by atoms with van der Waals surface area (Å²) in [5, 5.41) is 25.5. The number of unbranched alkanes of at least 4 members (excludes halogenated alkanes) is 1. The molecule has 2 atom stereocenters. The first-order valence-corrected chi connectivity index (χ1v) is 11.3. The van der Waals surface area contributed by atoms with Crippen molar-refractivity contribution in [2.24, 2.45) is 0 Å². The third kappa shape index (κ3) is 8.37. The molecule has 0 saturated heterocycles. The first-order valence-electron chi connectivity index (χ1n) is 9.72. The number of para-hydroxylation sites is 1. The predicted octanol–water partition coefficient (Wildman–Crippen LogP) is 3.51. The van der Waals surface area contributed by atoms with Crippen molar-refractivity contribution in [3.8, 4) is 11.5 Å². The molecule has 32 heavy (non-hydrogen) atoms. The number of carboxylic acid groups (broad SMARTS) is 1. The van der Waals surface area contributed by atoms with Crippen LogP contribution in [0.15, 0.2) is 54.6 Å². The fourth-order valence-electron chi connectivity index (χ4n) is 2.63. The summed E-state index contributed by atoms with van der Waals surface area (Å²) >= 11 is 0. The molecule has 0 saturated carbocycles. The Bertz CT molecular complexity index is 969. The molecule has 2 aromatic carbocycles. The highest BCUT2D eigenvalue weighted by Gasteiger charge is 2.35. The average molecular weight is 465 g/mol. The van der Waals surface area contributed by atoms with Gasteiger partial charge in [0.05, 0.1) is 4.92 Å². The van der Waals surface area contributed by atoms with Crippen molar-refractivity contribution in [1.82, 2.24) is 10.4 Å². The van der Waals surface area contributed by atoms with Crippen LogP contribution in [0.3, 0.4) is 0 Å². The van der Waals surface area contributed by atoms with Gasteiger partial charge in [-0.15, -0.1) is 0 Å². The lowest BCUT2D eigenvalue weighted by molar-refractivity contribution is -0.384. The number of aliphatic carboxylic acids is 1. The number of carbonyl (C=O) groups excluding carboxylic acids is 1. The van der Waals surface area contributed by atoms with Crippen molar-refractivity contribution < 1.29 is 33.2 Å². The van der Waals surface area contributed by atoms with Gasteiger partial charge in [0.2, 0.25) is 5.91 Å². The minimum absolute atomic E-state index is 0.00263. The predicted molar refractivity (Wildman–Crippen MR) is 115 cm³/mol. The first kappa shape index (κ1) is 24.8. The maximum atomic E-state index is 13.5. The highest BCUT2D eigenvalue weighted by Crippen LogP contribution is 2.45. The van der Waals surface area contributed by atoms with Crippen molar-refractivity contribution in [3.05, 3.63) is 64.7 Å². The Kier molecular flexibility index (Phi) is 9.18. The Morgan fingerprint density at radius 1 is 1.06 bits per heavy atom. The largest absolute Gasteiger partial charge is 0.513 e. The number of benzene rings is 2. The van der Waals surface area contributed by atoms with E-state index in [2.05, 4.69) is 10.4 Å². The summed E-state index contributed by atoms with van der Waals surface area (Å²) < 4.78 is 24.4. The molecular weight excluding hydrogens is 441 g/mol. The topological polar surface area (TPSA) is 157 Å². The smallest absolute Gasteiger partial charge is 0.480 e. The molecule has 0 aliphatic heterocycles. The van der Waals surface area contributed by atoms with Crippen LogP contribution in [-0.2, 0) is 14.2 Å². The summed E-state index contributed by atoms with van der Waals surface area (Å²) in [6.45, 7) is 1.77. The van der Waals surface area contributed by atoms with E-state index in [9.17, 15) is 29.4 Å². The normalized spacial score (nSPS) is 13.4. The van der Waals surface area contributed by atoms with E-state index in [4.69, 9.17) is 9.05 Å². The number of carboxylic acids is 1. The molecule has 12 heteroatoms. The molecule has 0 heterocycles. The van der Waals surface area contributed by atoms with Crippen LogP contribution in [0, 0.1) is 10.1 Å². The van der Waals surface area contributed by atoms with Gasteiger partial charge in [-0.25, -0.2) is 4.57 Å². The van der Waals surface area contributed by atoms with Crippen molar-refractivity contribution in [3.63, 3.8) is 0 Å². The van der Waals surface area contributed by atoms with Gasteiger partial charge in [-0.1, -0.05) is 18.2 Å². The van der Waals surface area contributed by atoms with Gasteiger partial charge >= 0.3 is 13.7 Å². The van der Waals surface area contributed by atoms with Gasteiger partial charge in [-0.05, 0) is 43.5 Å². The highest BCUT2D eigenvalue weighted by molar-refractivity contribution is 7.52. The van der Waals surface area contributed by atoms with Crippen LogP contribution < -0.4 is 19.5 Å². The molecule has 0 radical (unpaired) electrons. The van der Waals surface area contributed by atoms with Gasteiger partial charge in [0.1, 0.15) is 17.5 Å². The minimum atomic E-state index is -4.25. The van der Waals surface area contributed by atoms with E-state index < -0.39 is 24.7 Å². The zero-order chi connectivity index (χ0) is 23.6. The Morgan fingerprint density at radius 3 is 2.19 bits per heavy atom. The molecule has 0 fully saturated rings. The van der Waals surface area contributed by atoms with Crippen molar-refractivity contribution >= 4 is 25.3 Å². The minimum Gasteiger partial charge on any atom is -0.480 e. The summed E-state index contributed by atoms with van der Waals surface area (Å²) in [6, 6.07) is 11.6. The van der Waals surface area contributed by atoms with Crippen LogP contribution in [0.1, 0.15) is 26.2 Å². The maximum Gasteiger partial charge on any atom is 0.513 e. The van der Waals surface area contributed by atoms with Crippen LogP contribution in [0.4, 0.5) is 5.69 Å². The Hall–Kier alpha value is -3.43. The van der Waals surface area contributed by atoms with Crippen molar-refractivity contribution in [2.45, 2.75) is 32.2 Å². The van der Waals surface area contributed by atoms with Gasteiger partial charge in [0, 0.05) is 25.6 Å². The summed E-state index contributed by atoms with van der Waals surface area (Å²) in [6.07, 6.45) is 1.05. The first-order chi connectivity index (χ1) is 15.2. The fraction of sp³-hybridized carbons (Fsp3) is 0.300. The number of nitro groups is 1. The van der Waals surface area contributed by atoms with Crippen LogP contribution in [0.25, 0.3) is 0 Å². The zero-order valence-electron chi connectivity index (χ0n) is 17.3. The standard InChI is InChI=1S/C20H24N3O8P/c1-15(24)21-14-6-5-9-19(20(25)26)22-32(29,30-17-7-3-2-4-8-17)31-18-12-10-16(11-13-18)23(27)28/h2-4,7-8,10-13,19H,5-6,9,14H2,1H3,(H,21,24)(H,22,29)(H,25,26)/t19-,32?/m0/s1. The molecule has 0 bridgehead atoms. The molecule has 2 rings (SSSR count). The quantitative estimate of drug-likeness (QED) is 0.174. The molecule has 1 unspecified atom stereocenters. The van der Waals surface area contributed by atoms with E-state index in [0.717, 1.165) is 0 Å². The van der Waals surface area contributed by atoms with Crippen molar-refractivity contribution in [1.29, 1.82) is 0 Å². The molecule has 0 spiro atoms. The van der Waals surface area contributed by atoms with E-state index in [1.807, 2.05) is 0 Å². The molecule has 0 aliphatic rings. The number of nitrogens with zero attached hydrogens (tertiary/aromatic N) is 1. The van der Waals surface area contributed by atoms with Crippen molar-refractivity contribution in [2.75, 3.05) is 6.54 Å². The number of amides is 1. The lowest BCUT2D eigenvalue weighted by atomic mass is 10.1. The Labute approximate surface area is 184 Å². The summed E-state index contributed by atoms with van der Waals surface area (Å²) in [7, 11) is -4.25. The van der Waals surface area contributed by atoms with Gasteiger partial charge in [0.25, 0.3) is 5.69 Å². The van der Waals surface area contributed by atoms with E-state index in [1.54, 1.807) is 18.2 Å². The molecule has 172 valence electrons.